The molecule has 2 aromatic carbocycles. The number of amides is 1. The lowest BCUT2D eigenvalue weighted by molar-refractivity contribution is 0.0314. The Morgan fingerprint density at radius 1 is 0.941 bits per heavy atom. The minimum Gasteiger partial charge on any atom is -0.497 e. The summed E-state index contributed by atoms with van der Waals surface area (Å²) in [4.78, 5) is 21.0. The van der Waals surface area contributed by atoms with Gasteiger partial charge in [-0.25, -0.2) is 4.68 Å². The highest BCUT2D eigenvalue weighted by Gasteiger charge is 2.55. The first-order valence-electron chi connectivity index (χ1n) is 12.7. The SMILES string of the molecule is COc1ccc(-c2nc3n(n2)C2(CCCCC2)[C@@H]2CCCC[C@@H]2N3C(=O)c2ccccc2)cc1. The van der Waals surface area contributed by atoms with Gasteiger partial charge in [-0.1, -0.05) is 50.3 Å². The van der Waals surface area contributed by atoms with Crippen LogP contribution in [0.2, 0.25) is 0 Å². The summed E-state index contributed by atoms with van der Waals surface area (Å²) in [6, 6.07) is 17.7. The number of fused-ring (bicyclic) bond motifs is 4. The number of methoxy groups -OCH3 is 1. The van der Waals surface area contributed by atoms with Crippen molar-refractivity contribution < 1.29 is 9.53 Å². The number of hydrogen-bond donors (Lipinski definition) is 0. The molecule has 1 aromatic heterocycles. The van der Waals surface area contributed by atoms with Gasteiger partial charge in [0.2, 0.25) is 5.95 Å². The lowest BCUT2D eigenvalue weighted by Crippen LogP contribution is -2.61. The molecule has 176 valence electrons. The van der Waals surface area contributed by atoms with Crippen molar-refractivity contribution in [3.05, 3.63) is 60.2 Å². The molecule has 6 rings (SSSR count). The Morgan fingerprint density at radius 2 is 1.68 bits per heavy atom. The molecule has 2 atom stereocenters. The van der Waals surface area contributed by atoms with E-state index in [1.54, 1.807) is 7.11 Å². The van der Waals surface area contributed by atoms with Crippen molar-refractivity contribution >= 4 is 11.9 Å². The first kappa shape index (κ1) is 21.4. The molecular weight excluding hydrogens is 424 g/mol. The van der Waals surface area contributed by atoms with E-state index in [9.17, 15) is 4.79 Å². The molecule has 2 fully saturated rings. The molecule has 1 amide bonds. The summed E-state index contributed by atoms with van der Waals surface area (Å²) in [5, 5.41) is 5.14. The van der Waals surface area contributed by atoms with Gasteiger partial charge < -0.3 is 4.74 Å². The zero-order chi connectivity index (χ0) is 23.1. The van der Waals surface area contributed by atoms with Crippen molar-refractivity contribution in [2.45, 2.75) is 69.4 Å². The van der Waals surface area contributed by atoms with Crippen LogP contribution in [0.5, 0.6) is 5.75 Å². The number of aromatic nitrogens is 3. The lowest BCUT2D eigenvalue weighted by Gasteiger charge is -2.55. The van der Waals surface area contributed by atoms with Crippen LogP contribution in [-0.2, 0) is 5.54 Å². The Kier molecular flexibility index (Phi) is 5.39. The Balaban J connectivity index is 1.52. The summed E-state index contributed by atoms with van der Waals surface area (Å²) < 4.78 is 7.52. The molecule has 1 spiro atoms. The standard InChI is InChI=1S/C28H32N4O2/c1-34-22-16-14-20(15-17-22)25-29-27-31(26(33)21-10-4-2-5-11-21)24-13-7-6-12-23(24)28(32(27)30-25)18-8-3-9-19-28/h2,4-5,10-11,14-17,23-24H,3,6-9,12-13,18-19H2,1H3/t23-,24+/m1/s1. The molecule has 0 saturated heterocycles. The number of anilines is 1. The van der Waals surface area contributed by atoms with Crippen LogP contribution in [0.15, 0.2) is 54.6 Å². The molecule has 3 aliphatic rings. The van der Waals surface area contributed by atoms with Crippen LogP contribution in [0.1, 0.15) is 68.1 Å². The zero-order valence-electron chi connectivity index (χ0n) is 19.8. The van der Waals surface area contributed by atoms with E-state index in [1.165, 1.54) is 25.7 Å². The first-order chi connectivity index (χ1) is 16.7. The van der Waals surface area contributed by atoms with Gasteiger partial charge in [0, 0.05) is 23.1 Å². The topological polar surface area (TPSA) is 60.2 Å². The second-order valence-corrected chi connectivity index (χ2v) is 10.0. The minimum absolute atomic E-state index is 0.0378. The molecule has 3 aromatic rings. The summed E-state index contributed by atoms with van der Waals surface area (Å²) in [6.45, 7) is 0. The average molecular weight is 457 g/mol. The van der Waals surface area contributed by atoms with Crippen LogP contribution in [0.4, 0.5) is 5.95 Å². The van der Waals surface area contributed by atoms with Crippen molar-refractivity contribution in [1.29, 1.82) is 0 Å². The number of carbonyl (C=O) groups is 1. The number of benzene rings is 2. The van der Waals surface area contributed by atoms with E-state index in [-0.39, 0.29) is 17.5 Å². The molecule has 0 unspecified atom stereocenters. The van der Waals surface area contributed by atoms with E-state index < -0.39 is 0 Å². The molecular formula is C28H32N4O2. The minimum atomic E-state index is -0.0378. The molecule has 2 saturated carbocycles. The third-order valence-electron chi connectivity index (χ3n) is 8.29. The number of nitrogens with zero attached hydrogens (tertiary/aromatic N) is 4. The predicted molar refractivity (Wildman–Crippen MR) is 132 cm³/mol. The van der Waals surface area contributed by atoms with Gasteiger partial charge in [-0.3, -0.25) is 9.69 Å². The van der Waals surface area contributed by atoms with Crippen LogP contribution >= 0.6 is 0 Å². The van der Waals surface area contributed by atoms with Crippen molar-refractivity contribution in [3.63, 3.8) is 0 Å². The summed E-state index contributed by atoms with van der Waals surface area (Å²) in [5.41, 5.74) is 1.62. The van der Waals surface area contributed by atoms with E-state index >= 15 is 0 Å². The quantitative estimate of drug-likeness (QED) is 0.497. The molecule has 6 nitrogen and oxygen atoms in total. The van der Waals surface area contributed by atoms with E-state index in [0.29, 0.717) is 17.3 Å². The molecule has 0 N–H and O–H groups in total. The van der Waals surface area contributed by atoms with Gasteiger partial charge in [0.1, 0.15) is 5.75 Å². The van der Waals surface area contributed by atoms with Crippen molar-refractivity contribution in [2.75, 3.05) is 12.0 Å². The second kappa shape index (κ2) is 8.57. The van der Waals surface area contributed by atoms with Gasteiger partial charge in [0.05, 0.1) is 12.6 Å². The lowest BCUT2D eigenvalue weighted by atomic mass is 9.64. The molecule has 0 bridgehead atoms. The highest BCUT2D eigenvalue weighted by molar-refractivity contribution is 6.06. The summed E-state index contributed by atoms with van der Waals surface area (Å²) >= 11 is 0. The maximum atomic E-state index is 13.9. The Bertz CT molecular complexity index is 1160. The maximum Gasteiger partial charge on any atom is 0.260 e. The largest absolute Gasteiger partial charge is 0.497 e. The van der Waals surface area contributed by atoms with Gasteiger partial charge in [-0.05, 0) is 62.1 Å². The number of carbonyl (C=O) groups excluding carboxylic acids is 1. The van der Waals surface area contributed by atoms with Crippen LogP contribution in [-0.4, -0.2) is 33.8 Å². The van der Waals surface area contributed by atoms with Crippen molar-refractivity contribution in [1.82, 2.24) is 14.8 Å². The van der Waals surface area contributed by atoms with Crippen molar-refractivity contribution in [3.8, 4) is 17.1 Å². The summed E-state index contributed by atoms with van der Waals surface area (Å²) in [7, 11) is 1.67. The third kappa shape index (κ3) is 3.34. The molecule has 0 radical (unpaired) electrons. The third-order valence-corrected chi connectivity index (χ3v) is 8.29. The zero-order valence-corrected chi connectivity index (χ0v) is 19.8. The molecule has 2 heterocycles. The number of hydrogen-bond acceptors (Lipinski definition) is 4. The Labute approximate surface area is 200 Å². The number of ether oxygens (including phenoxy) is 1. The first-order valence-corrected chi connectivity index (χ1v) is 12.7. The summed E-state index contributed by atoms with van der Waals surface area (Å²) in [6.07, 6.45) is 10.5. The van der Waals surface area contributed by atoms with E-state index in [0.717, 1.165) is 49.4 Å². The molecule has 34 heavy (non-hydrogen) atoms. The van der Waals surface area contributed by atoms with Crippen molar-refractivity contribution in [2.24, 2.45) is 5.92 Å². The van der Waals surface area contributed by atoms with Gasteiger partial charge in [0.25, 0.3) is 5.91 Å². The fourth-order valence-electron chi connectivity index (χ4n) is 6.68. The Hall–Kier alpha value is -3.15. The van der Waals surface area contributed by atoms with Crippen LogP contribution in [0.25, 0.3) is 11.4 Å². The maximum absolute atomic E-state index is 13.9. The monoisotopic (exact) mass is 456 g/mol. The van der Waals surface area contributed by atoms with E-state index in [4.69, 9.17) is 14.8 Å². The average Bonchev–Trinajstić information content (AvgIpc) is 3.36. The molecule has 6 heteroatoms. The summed E-state index contributed by atoms with van der Waals surface area (Å²) in [5.74, 6) is 2.69. The number of rotatable bonds is 3. The van der Waals surface area contributed by atoms with Gasteiger partial charge in [-0.2, -0.15) is 4.98 Å². The van der Waals surface area contributed by atoms with Crippen LogP contribution < -0.4 is 9.64 Å². The fourth-order valence-corrected chi connectivity index (χ4v) is 6.68. The van der Waals surface area contributed by atoms with Gasteiger partial charge in [0.15, 0.2) is 5.82 Å². The van der Waals surface area contributed by atoms with E-state index in [2.05, 4.69) is 4.68 Å². The normalized spacial score (nSPS) is 23.3. The fraction of sp³-hybridized carbons (Fsp3) is 0.464. The second-order valence-electron chi connectivity index (χ2n) is 10.0. The smallest absolute Gasteiger partial charge is 0.260 e. The van der Waals surface area contributed by atoms with E-state index in [1.807, 2.05) is 59.5 Å². The molecule has 1 aliphatic heterocycles. The van der Waals surface area contributed by atoms with Gasteiger partial charge >= 0.3 is 0 Å². The highest BCUT2D eigenvalue weighted by atomic mass is 16.5. The van der Waals surface area contributed by atoms with Gasteiger partial charge in [-0.15, -0.1) is 5.10 Å². The highest BCUT2D eigenvalue weighted by Crippen LogP contribution is 2.53. The van der Waals surface area contributed by atoms with Crippen LogP contribution in [0.3, 0.4) is 0 Å². The molecule has 2 aliphatic carbocycles. The van der Waals surface area contributed by atoms with Crippen LogP contribution in [0, 0.1) is 5.92 Å². The predicted octanol–water partition coefficient (Wildman–Crippen LogP) is 5.83. The Morgan fingerprint density at radius 3 is 2.41 bits per heavy atom.